The van der Waals surface area contributed by atoms with E-state index in [9.17, 15) is 0 Å². The standard InChI is InChI=1S/C11H13NO2/c1-14-9-6-5-8-3-2-4-11(12-13)10(8)7-9/h5-7,13H,2-4H2,1H3/b12-11+. The van der Waals surface area contributed by atoms with E-state index >= 15 is 0 Å². The fourth-order valence-electron chi connectivity index (χ4n) is 1.85. The summed E-state index contributed by atoms with van der Waals surface area (Å²) >= 11 is 0. The fraction of sp³-hybridized carbons (Fsp3) is 0.364. The van der Waals surface area contributed by atoms with Crippen molar-refractivity contribution < 1.29 is 9.94 Å². The molecule has 0 bridgehead atoms. The molecule has 3 nitrogen and oxygen atoms in total. The molecule has 0 heterocycles. The van der Waals surface area contributed by atoms with Crippen LogP contribution in [0.3, 0.4) is 0 Å². The normalized spacial score (nSPS) is 17.9. The highest BCUT2D eigenvalue weighted by atomic mass is 16.5. The summed E-state index contributed by atoms with van der Waals surface area (Å²) in [5, 5.41) is 12.2. The molecule has 0 atom stereocenters. The number of fused-ring (bicyclic) bond motifs is 1. The SMILES string of the molecule is COc1ccc2c(c1)/C(=N/O)CCC2. The second-order valence-corrected chi connectivity index (χ2v) is 3.42. The predicted octanol–water partition coefficient (Wildman–Crippen LogP) is 2.21. The zero-order valence-corrected chi connectivity index (χ0v) is 8.16. The molecule has 0 saturated carbocycles. The van der Waals surface area contributed by atoms with Crippen LogP contribution in [-0.2, 0) is 6.42 Å². The third kappa shape index (κ3) is 1.45. The van der Waals surface area contributed by atoms with E-state index in [-0.39, 0.29) is 0 Å². The zero-order chi connectivity index (χ0) is 9.97. The molecule has 0 fully saturated rings. The average Bonchev–Trinajstić information content (AvgIpc) is 2.27. The lowest BCUT2D eigenvalue weighted by Crippen LogP contribution is -2.11. The Labute approximate surface area is 83.0 Å². The van der Waals surface area contributed by atoms with E-state index in [4.69, 9.17) is 9.94 Å². The maximum atomic E-state index is 8.85. The Morgan fingerprint density at radius 2 is 2.21 bits per heavy atom. The molecule has 0 unspecified atom stereocenters. The van der Waals surface area contributed by atoms with Crippen LogP contribution in [0.2, 0.25) is 0 Å². The number of oxime groups is 1. The molecule has 2 rings (SSSR count). The minimum Gasteiger partial charge on any atom is -0.497 e. The number of nitrogens with zero attached hydrogens (tertiary/aromatic N) is 1. The van der Waals surface area contributed by atoms with Crippen LogP contribution in [0.1, 0.15) is 24.0 Å². The topological polar surface area (TPSA) is 41.8 Å². The van der Waals surface area contributed by atoms with Gasteiger partial charge in [-0.25, -0.2) is 0 Å². The van der Waals surface area contributed by atoms with Gasteiger partial charge < -0.3 is 9.94 Å². The van der Waals surface area contributed by atoms with Crippen LogP contribution in [0.5, 0.6) is 5.75 Å². The molecule has 1 aliphatic carbocycles. The van der Waals surface area contributed by atoms with E-state index in [0.717, 1.165) is 36.3 Å². The first-order chi connectivity index (χ1) is 6.85. The summed E-state index contributed by atoms with van der Waals surface area (Å²) in [7, 11) is 1.64. The Bertz CT molecular complexity index is 372. The lowest BCUT2D eigenvalue weighted by atomic mass is 9.90. The van der Waals surface area contributed by atoms with E-state index < -0.39 is 0 Å². The first-order valence-corrected chi connectivity index (χ1v) is 4.73. The molecule has 1 aromatic rings. The van der Waals surface area contributed by atoms with Crippen LogP contribution in [0.4, 0.5) is 0 Å². The highest BCUT2D eigenvalue weighted by Crippen LogP contribution is 2.25. The molecule has 0 aromatic heterocycles. The first kappa shape index (κ1) is 9.06. The van der Waals surface area contributed by atoms with Crippen LogP contribution in [0, 0.1) is 0 Å². The van der Waals surface area contributed by atoms with E-state index in [1.807, 2.05) is 18.2 Å². The number of hydrogen-bond donors (Lipinski definition) is 1. The zero-order valence-electron chi connectivity index (χ0n) is 8.16. The summed E-state index contributed by atoms with van der Waals surface area (Å²) in [4.78, 5) is 0. The molecule has 1 aromatic carbocycles. The van der Waals surface area contributed by atoms with Gasteiger partial charge in [-0.2, -0.15) is 0 Å². The summed E-state index contributed by atoms with van der Waals surface area (Å²) in [6.45, 7) is 0. The molecular formula is C11H13NO2. The molecule has 0 saturated heterocycles. The highest BCUT2D eigenvalue weighted by Gasteiger charge is 2.16. The minimum atomic E-state index is 0.769. The quantitative estimate of drug-likeness (QED) is 0.546. The summed E-state index contributed by atoms with van der Waals surface area (Å²) in [5.41, 5.74) is 3.04. The van der Waals surface area contributed by atoms with Crippen molar-refractivity contribution in [2.75, 3.05) is 7.11 Å². The van der Waals surface area contributed by atoms with E-state index in [1.165, 1.54) is 5.56 Å². The van der Waals surface area contributed by atoms with E-state index in [0.29, 0.717) is 0 Å². The van der Waals surface area contributed by atoms with Crippen molar-refractivity contribution in [2.45, 2.75) is 19.3 Å². The van der Waals surface area contributed by atoms with Gasteiger partial charge in [0.05, 0.1) is 12.8 Å². The maximum Gasteiger partial charge on any atom is 0.119 e. The van der Waals surface area contributed by atoms with Crippen molar-refractivity contribution in [3.8, 4) is 5.75 Å². The minimum absolute atomic E-state index is 0.769. The molecule has 0 spiro atoms. The van der Waals surface area contributed by atoms with Crippen molar-refractivity contribution >= 4 is 5.71 Å². The summed E-state index contributed by atoms with van der Waals surface area (Å²) in [5.74, 6) is 0.812. The van der Waals surface area contributed by atoms with Gasteiger partial charge in [-0.05, 0) is 37.0 Å². The maximum absolute atomic E-state index is 8.85. The largest absolute Gasteiger partial charge is 0.497 e. The third-order valence-corrected chi connectivity index (χ3v) is 2.61. The Morgan fingerprint density at radius 1 is 1.36 bits per heavy atom. The molecular weight excluding hydrogens is 178 g/mol. The van der Waals surface area contributed by atoms with Gasteiger partial charge in [0.2, 0.25) is 0 Å². The van der Waals surface area contributed by atoms with Crippen molar-refractivity contribution in [3.05, 3.63) is 29.3 Å². The van der Waals surface area contributed by atoms with Crippen LogP contribution in [0.25, 0.3) is 0 Å². The average molecular weight is 191 g/mol. The van der Waals surface area contributed by atoms with Gasteiger partial charge in [0.25, 0.3) is 0 Å². The summed E-state index contributed by atoms with van der Waals surface area (Å²) in [6, 6.07) is 5.92. The van der Waals surface area contributed by atoms with Crippen LogP contribution >= 0.6 is 0 Å². The third-order valence-electron chi connectivity index (χ3n) is 2.61. The molecule has 1 aliphatic rings. The van der Waals surface area contributed by atoms with Gasteiger partial charge in [-0.3, -0.25) is 0 Å². The Balaban J connectivity index is 2.49. The van der Waals surface area contributed by atoms with Gasteiger partial charge in [0.15, 0.2) is 0 Å². The highest BCUT2D eigenvalue weighted by molar-refractivity contribution is 6.02. The molecule has 74 valence electrons. The lowest BCUT2D eigenvalue weighted by Gasteiger charge is -2.17. The summed E-state index contributed by atoms with van der Waals surface area (Å²) < 4.78 is 5.14. The van der Waals surface area contributed by atoms with Crippen LogP contribution in [0.15, 0.2) is 23.4 Å². The Hall–Kier alpha value is -1.51. The van der Waals surface area contributed by atoms with E-state index in [2.05, 4.69) is 5.16 Å². The van der Waals surface area contributed by atoms with E-state index in [1.54, 1.807) is 7.11 Å². The molecule has 14 heavy (non-hydrogen) atoms. The number of rotatable bonds is 1. The lowest BCUT2D eigenvalue weighted by molar-refractivity contribution is 0.317. The molecule has 0 radical (unpaired) electrons. The van der Waals surface area contributed by atoms with Crippen LogP contribution < -0.4 is 4.74 Å². The Kier molecular flexibility index (Phi) is 2.39. The van der Waals surface area contributed by atoms with Gasteiger partial charge in [-0.1, -0.05) is 11.2 Å². The Morgan fingerprint density at radius 3 is 2.93 bits per heavy atom. The molecule has 3 heteroatoms. The van der Waals surface area contributed by atoms with Crippen molar-refractivity contribution in [2.24, 2.45) is 5.16 Å². The molecule has 0 aliphatic heterocycles. The smallest absolute Gasteiger partial charge is 0.119 e. The number of methoxy groups -OCH3 is 1. The number of hydrogen-bond acceptors (Lipinski definition) is 3. The molecule has 0 amide bonds. The number of aryl methyl sites for hydroxylation is 1. The second kappa shape index (κ2) is 3.70. The van der Waals surface area contributed by atoms with Crippen molar-refractivity contribution in [1.29, 1.82) is 0 Å². The van der Waals surface area contributed by atoms with Gasteiger partial charge in [0, 0.05) is 5.56 Å². The fourth-order valence-corrected chi connectivity index (χ4v) is 1.85. The van der Waals surface area contributed by atoms with Crippen molar-refractivity contribution in [1.82, 2.24) is 0 Å². The summed E-state index contributed by atoms with van der Waals surface area (Å²) in [6.07, 6.45) is 2.95. The van der Waals surface area contributed by atoms with Gasteiger partial charge in [0.1, 0.15) is 5.75 Å². The number of ether oxygens (including phenoxy) is 1. The predicted molar refractivity (Wildman–Crippen MR) is 54.3 cm³/mol. The molecule has 1 N–H and O–H groups in total. The van der Waals surface area contributed by atoms with Gasteiger partial charge >= 0.3 is 0 Å². The van der Waals surface area contributed by atoms with Crippen LogP contribution in [-0.4, -0.2) is 18.0 Å². The monoisotopic (exact) mass is 191 g/mol. The second-order valence-electron chi connectivity index (χ2n) is 3.42. The first-order valence-electron chi connectivity index (χ1n) is 4.73. The van der Waals surface area contributed by atoms with Gasteiger partial charge in [-0.15, -0.1) is 0 Å². The number of benzene rings is 1. The van der Waals surface area contributed by atoms with Crippen molar-refractivity contribution in [3.63, 3.8) is 0 Å².